The molecule has 0 aromatic heterocycles. The van der Waals surface area contributed by atoms with Crippen LogP contribution >= 0.6 is 0 Å². The highest BCUT2D eigenvalue weighted by atomic mass is 15.2. The Morgan fingerprint density at radius 1 is 1.35 bits per heavy atom. The molecule has 1 atom stereocenters. The van der Waals surface area contributed by atoms with Crippen LogP contribution in [-0.4, -0.2) is 30.6 Å². The normalized spacial score (nSPS) is 18.2. The zero-order chi connectivity index (χ0) is 12.3. The second-order valence-corrected chi connectivity index (χ2v) is 4.99. The number of anilines is 2. The molecule has 3 N–H and O–H groups in total. The van der Waals surface area contributed by atoms with E-state index >= 15 is 0 Å². The number of benzene rings is 1. The van der Waals surface area contributed by atoms with Gasteiger partial charge in [0.15, 0.2) is 0 Å². The van der Waals surface area contributed by atoms with E-state index in [9.17, 15) is 0 Å². The van der Waals surface area contributed by atoms with E-state index in [2.05, 4.69) is 30.1 Å². The maximum absolute atomic E-state index is 5.90. The SMILES string of the molecule is Cc1c(N)cccc1NCC(C)N1CCCC1. The predicted molar refractivity (Wildman–Crippen MR) is 74.4 cm³/mol. The summed E-state index contributed by atoms with van der Waals surface area (Å²) in [7, 11) is 0. The van der Waals surface area contributed by atoms with E-state index < -0.39 is 0 Å². The molecule has 1 aliphatic heterocycles. The summed E-state index contributed by atoms with van der Waals surface area (Å²) in [4.78, 5) is 2.55. The van der Waals surface area contributed by atoms with E-state index in [1.807, 2.05) is 12.1 Å². The molecule has 0 spiro atoms. The lowest BCUT2D eigenvalue weighted by atomic mass is 10.1. The van der Waals surface area contributed by atoms with Crippen molar-refractivity contribution in [2.75, 3.05) is 30.7 Å². The second kappa shape index (κ2) is 5.41. The molecule has 1 unspecified atom stereocenters. The number of likely N-dealkylation sites (tertiary alicyclic amines) is 1. The molecular weight excluding hydrogens is 210 g/mol. The molecule has 0 bridgehead atoms. The first kappa shape index (κ1) is 12.2. The largest absolute Gasteiger partial charge is 0.398 e. The van der Waals surface area contributed by atoms with Crippen LogP contribution < -0.4 is 11.1 Å². The first-order chi connectivity index (χ1) is 8.18. The van der Waals surface area contributed by atoms with Gasteiger partial charge in [0.1, 0.15) is 0 Å². The molecule has 2 rings (SSSR count). The third-order valence-electron chi connectivity index (χ3n) is 3.73. The Kier molecular flexibility index (Phi) is 3.89. The molecule has 1 heterocycles. The predicted octanol–water partition coefficient (Wildman–Crippen LogP) is 2.47. The molecule has 1 aromatic rings. The summed E-state index contributed by atoms with van der Waals surface area (Å²) < 4.78 is 0. The van der Waals surface area contributed by atoms with Crippen molar-refractivity contribution < 1.29 is 0 Å². The Balaban J connectivity index is 1.90. The average Bonchev–Trinajstić information content (AvgIpc) is 2.84. The number of nitrogen functional groups attached to an aromatic ring is 1. The number of nitrogens with one attached hydrogen (secondary N) is 1. The third-order valence-corrected chi connectivity index (χ3v) is 3.73. The molecule has 17 heavy (non-hydrogen) atoms. The summed E-state index contributed by atoms with van der Waals surface area (Å²) in [5, 5.41) is 3.51. The maximum Gasteiger partial charge on any atom is 0.0391 e. The lowest BCUT2D eigenvalue weighted by Gasteiger charge is -2.24. The van der Waals surface area contributed by atoms with Crippen molar-refractivity contribution in [3.63, 3.8) is 0 Å². The van der Waals surface area contributed by atoms with Gasteiger partial charge in [-0.25, -0.2) is 0 Å². The molecule has 94 valence electrons. The maximum atomic E-state index is 5.90. The minimum Gasteiger partial charge on any atom is -0.398 e. The molecule has 1 saturated heterocycles. The van der Waals surface area contributed by atoms with Crippen LogP contribution in [0.25, 0.3) is 0 Å². The van der Waals surface area contributed by atoms with Gasteiger partial charge >= 0.3 is 0 Å². The number of nitrogens with zero attached hydrogens (tertiary/aromatic N) is 1. The standard InChI is InChI=1S/C14H23N3/c1-11(17-8-3-4-9-17)10-16-14-7-5-6-13(15)12(14)2/h5-7,11,16H,3-4,8-10,15H2,1-2H3. The Labute approximate surface area is 104 Å². The fourth-order valence-corrected chi connectivity index (χ4v) is 2.41. The van der Waals surface area contributed by atoms with Gasteiger partial charge in [-0.15, -0.1) is 0 Å². The van der Waals surface area contributed by atoms with Crippen molar-refractivity contribution in [2.45, 2.75) is 32.7 Å². The lowest BCUT2D eigenvalue weighted by molar-refractivity contribution is 0.269. The molecule has 0 saturated carbocycles. The fourth-order valence-electron chi connectivity index (χ4n) is 2.41. The van der Waals surface area contributed by atoms with Crippen LogP contribution in [0.3, 0.4) is 0 Å². The highest BCUT2D eigenvalue weighted by Crippen LogP contribution is 2.21. The molecule has 1 aliphatic rings. The Morgan fingerprint density at radius 2 is 2.06 bits per heavy atom. The average molecular weight is 233 g/mol. The van der Waals surface area contributed by atoms with Gasteiger partial charge in [0.05, 0.1) is 0 Å². The molecule has 1 fully saturated rings. The fraction of sp³-hybridized carbons (Fsp3) is 0.571. The van der Waals surface area contributed by atoms with Crippen LogP contribution in [0.4, 0.5) is 11.4 Å². The monoisotopic (exact) mass is 233 g/mol. The first-order valence-corrected chi connectivity index (χ1v) is 6.51. The van der Waals surface area contributed by atoms with Crippen molar-refractivity contribution in [3.8, 4) is 0 Å². The van der Waals surface area contributed by atoms with Crippen LogP contribution in [-0.2, 0) is 0 Å². The first-order valence-electron chi connectivity index (χ1n) is 6.51. The van der Waals surface area contributed by atoms with Crippen LogP contribution in [0.2, 0.25) is 0 Å². The van der Waals surface area contributed by atoms with Crippen molar-refractivity contribution in [1.82, 2.24) is 4.90 Å². The van der Waals surface area contributed by atoms with Crippen molar-refractivity contribution in [3.05, 3.63) is 23.8 Å². The molecule has 0 radical (unpaired) electrons. The van der Waals surface area contributed by atoms with Crippen LogP contribution in [0.15, 0.2) is 18.2 Å². The van der Waals surface area contributed by atoms with Gasteiger partial charge in [0.25, 0.3) is 0 Å². The highest BCUT2D eigenvalue weighted by molar-refractivity contribution is 5.62. The van der Waals surface area contributed by atoms with Crippen molar-refractivity contribution in [1.29, 1.82) is 0 Å². The Morgan fingerprint density at radius 3 is 2.76 bits per heavy atom. The minimum absolute atomic E-state index is 0.596. The Bertz CT molecular complexity index is 370. The number of rotatable bonds is 4. The van der Waals surface area contributed by atoms with E-state index in [-0.39, 0.29) is 0 Å². The van der Waals surface area contributed by atoms with E-state index in [4.69, 9.17) is 5.73 Å². The van der Waals surface area contributed by atoms with Gasteiger partial charge in [-0.2, -0.15) is 0 Å². The van der Waals surface area contributed by atoms with Gasteiger partial charge in [0, 0.05) is 24.0 Å². The molecule has 0 amide bonds. The summed E-state index contributed by atoms with van der Waals surface area (Å²) >= 11 is 0. The summed E-state index contributed by atoms with van der Waals surface area (Å²) in [5.74, 6) is 0. The van der Waals surface area contributed by atoms with E-state index in [1.165, 1.54) is 25.9 Å². The summed E-state index contributed by atoms with van der Waals surface area (Å²) in [5.41, 5.74) is 9.08. The van der Waals surface area contributed by atoms with Gasteiger partial charge in [-0.1, -0.05) is 6.07 Å². The Hall–Kier alpha value is -1.22. The summed E-state index contributed by atoms with van der Waals surface area (Å²) in [6.45, 7) is 7.85. The third kappa shape index (κ3) is 2.91. The van der Waals surface area contributed by atoms with Gasteiger partial charge in [-0.05, 0) is 57.5 Å². The van der Waals surface area contributed by atoms with E-state index in [0.29, 0.717) is 6.04 Å². The van der Waals surface area contributed by atoms with Crippen LogP contribution in [0.5, 0.6) is 0 Å². The topological polar surface area (TPSA) is 41.3 Å². The molecule has 3 nitrogen and oxygen atoms in total. The van der Waals surface area contributed by atoms with Crippen LogP contribution in [0.1, 0.15) is 25.3 Å². The zero-order valence-electron chi connectivity index (χ0n) is 10.9. The van der Waals surface area contributed by atoms with Gasteiger partial charge in [0.2, 0.25) is 0 Å². The van der Waals surface area contributed by atoms with Crippen molar-refractivity contribution in [2.24, 2.45) is 0 Å². The van der Waals surface area contributed by atoms with Crippen molar-refractivity contribution >= 4 is 11.4 Å². The number of nitrogens with two attached hydrogens (primary N) is 1. The molecular formula is C14H23N3. The summed E-state index contributed by atoms with van der Waals surface area (Å²) in [6.07, 6.45) is 2.70. The van der Waals surface area contributed by atoms with Crippen LogP contribution in [0, 0.1) is 6.92 Å². The molecule has 1 aromatic carbocycles. The molecule has 3 heteroatoms. The second-order valence-electron chi connectivity index (χ2n) is 4.99. The van der Waals surface area contributed by atoms with E-state index in [0.717, 1.165) is 23.5 Å². The highest BCUT2D eigenvalue weighted by Gasteiger charge is 2.17. The lowest BCUT2D eigenvalue weighted by Crippen LogP contribution is -2.35. The zero-order valence-corrected chi connectivity index (χ0v) is 10.9. The summed E-state index contributed by atoms with van der Waals surface area (Å²) in [6, 6.07) is 6.65. The quantitative estimate of drug-likeness (QED) is 0.785. The molecule has 0 aliphatic carbocycles. The number of hydrogen-bond donors (Lipinski definition) is 2. The van der Waals surface area contributed by atoms with Gasteiger partial charge in [-0.3, -0.25) is 4.90 Å². The van der Waals surface area contributed by atoms with E-state index in [1.54, 1.807) is 0 Å². The minimum atomic E-state index is 0.596. The number of hydrogen-bond acceptors (Lipinski definition) is 3. The van der Waals surface area contributed by atoms with Gasteiger partial charge < -0.3 is 11.1 Å². The smallest absolute Gasteiger partial charge is 0.0391 e.